The number of nitrogens with one attached hydrogen (secondary N) is 1. The van der Waals surface area contributed by atoms with E-state index in [0.29, 0.717) is 32.7 Å². The topological polar surface area (TPSA) is 45.8 Å². The fourth-order valence-electron chi connectivity index (χ4n) is 2.48. The summed E-state index contributed by atoms with van der Waals surface area (Å²) in [5, 5.41) is 1.60. The molecule has 0 aliphatic rings. The van der Waals surface area contributed by atoms with E-state index in [2.05, 4.69) is 23.8 Å². The predicted octanol–water partition coefficient (Wildman–Crippen LogP) is 5.02. The minimum atomic E-state index is -0.211. The first-order valence-electron chi connectivity index (χ1n) is 6.95. The van der Waals surface area contributed by atoms with Gasteiger partial charge in [0.05, 0.1) is 10.9 Å². The Bertz CT molecular complexity index is 916. The second-order valence-corrected chi connectivity index (χ2v) is 6.34. The van der Waals surface area contributed by atoms with Crippen molar-refractivity contribution in [1.29, 1.82) is 0 Å². The molecular weight excluding hydrogens is 319 g/mol. The molecule has 0 aliphatic heterocycles. The molecule has 3 aromatic rings. The van der Waals surface area contributed by atoms with Crippen molar-refractivity contribution < 1.29 is 0 Å². The smallest absolute Gasteiger partial charge is 0.259 e. The molecule has 0 radical (unpaired) electrons. The Balaban J connectivity index is 2.29. The molecule has 0 amide bonds. The Kier molecular flexibility index (Phi) is 3.94. The maximum atomic E-state index is 12.3. The zero-order valence-corrected chi connectivity index (χ0v) is 13.7. The number of rotatable bonds is 2. The molecule has 5 heteroatoms. The number of nitrogens with zero attached hydrogens (tertiary/aromatic N) is 1. The molecule has 112 valence electrons. The van der Waals surface area contributed by atoms with Gasteiger partial charge in [-0.1, -0.05) is 43.1 Å². The van der Waals surface area contributed by atoms with Gasteiger partial charge in [-0.05, 0) is 41.8 Å². The second-order valence-electron chi connectivity index (χ2n) is 5.46. The van der Waals surface area contributed by atoms with Crippen molar-refractivity contribution in [3.8, 4) is 11.4 Å². The number of benzene rings is 2. The molecule has 0 unspecified atom stereocenters. The molecule has 1 heterocycles. The first kappa shape index (κ1) is 15.1. The van der Waals surface area contributed by atoms with Crippen LogP contribution in [0.2, 0.25) is 10.0 Å². The highest BCUT2D eigenvalue weighted by molar-refractivity contribution is 6.31. The lowest BCUT2D eigenvalue weighted by molar-refractivity contribution is 0.866. The summed E-state index contributed by atoms with van der Waals surface area (Å²) >= 11 is 12.0. The first-order valence-corrected chi connectivity index (χ1v) is 7.70. The molecule has 1 N–H and O–H groups in total. The summed E-state index contributed by atoms with van der Waals surface area (Å²) in [5.41, 5.74) is 2.33. The fraction of sp³-hybridized carbons (Fsp3) is 0.176. The van der Waals surface area contributed by atoms with Gasteiger partial charge in [-0.3, -0.25) is 4.79 Å². The molecule has 2 aromatic carbocycles. The van der Waals surface area contributed by atoms with Gasteiger partial charge in [0.15, 0.2) is 0 Å². The SMILES string of the molecule is CC(C)c1ccc(Cl)cc1-c1nc2ccc(Cl)cc2c(=O)[nH]1. The van der Waals surface area contributed by atoms with Gasteiger partial charge in [0.2, 0.25) is 0 Å². The molecule has 0 atom stereocenters. The maximum absolute atomic E-state index is 12.3. The summed E-state index contributed by atoms with van der Waals surface area (Å²) in [6.07, 6.45) is 0. The van der Waals surface area contributed by atoms with Crippen molar-refractivity contribution in [2.75, 3.05) is 0 Å². The molecule has 0 spiro atoms. The quantitative estimate of drug-likeness (QED) is 0.716. The highest BCUT2D eigenvalue weighted by Crippen LogP contribution is 2.30. The fourth-order valence-corrected chi connectivity index (χ4v) is 2.82. The predicted molar refractivity (Wildman–Crippen MR) is 91.9 cm³/mol. The van der Waals surface area contributed by atoms with Crippen LogP contribution in [0.15, 0.2) is 41.2 Å². The Labute approximate surface area is 137 Å². The number of aromatic amines is 1. The number of aromatic nitrogens is 2. The van der Waals surface area contributed by atoms with Crippen LogP contribution in [0.3, 0.4) is 0 Å². The summed E-state index contributed by atoms with van der Waals surface area (Å²) in [7, 11) is 0. The van der Waals surface area contributed by atoms with E-state index in [-0.39, 0.29) is 5.56 Å². The van der Waals surface area contributed by atoms with Crippen LogP contribution in [0.25, 0.3) is 22.3 Å². The Morgan fingerprint density at radius 3 is 2.45 bits per heavy atom. The first-order chi connectivity index (χ1) is 10.5. The summed E-state index contributed by atoms with van der Waals surface area (Å²) in [6, 6.07) is 10.7. The lowest BCUT2D eigenvalue weighted by Crippen LogP contribution is -2.10. The van der Waals surface area contributed by atoms with Crippen molar-refractivity contribution in [2.24, 2.45) is 0 Å². The number of halogens is 2. The third-order valence-corrected chi connectivity index (χ3v) is 4.03. The van der Waals surface area contributed by atoms with Crippen LogP contribution in [0, 0.1) is 0 Å². The molecule has 0 aliphatic carbocycles. The van der Waals surface area contributed by atoms with Crippen LogP contribution in [-0.2, 0) is 0 Å². The van der Waals surface area contributed by atoms with Gasteiger partial charge in [-0.25, -0.2) is 4.98 Å². The lowest BCUT2D eigenvalue weighted by atomic mass is 9.96. The third kappa shape index (κ3) is 2.74. The molecular formula is C17H14Cl2N2O. The standard InChI is InChI=1S/C17H14Cl2N2O/c1-9(2)12-5-3-10(18)7-13(12)16-20-15-6-4-11(19)8-14(15)17(22)21-16/h3-9H,1-2H3,(H,20,21,22). The molecule has 0 bridgehead atoms. The van der Waals surface area contributed by atoms with Crippen LogP contribution in [0.1, 0.15) is 25.3 Å². The van der Waals surface area contributed by atoms with Crippen LogP contribution in [0.5, 0.6) is 0 Å². The van der Waals surface area contributed by atoms with E-state index in [1.165, 1.54) is 0 Å². The molecule has 1 aromatic heterocycles. The zero-order valence-electron chi connectivity index (χ0n) is 12.2. The molecule has 0 saturated heterocycles. The van der Waals surface area contributed by atoms with Crippen LogP contribution < -0.4 is 5.56 Å². The van der Waals surface area contributed by atoms with Crippen LogP contribution in [-0.4, -0.2) is 9.97 Å². The van der Waals surface area contributed by atoms with Gasteiger partial charge in [0, 0.05) is 15.6 Å². The van der Waals surface area contributed by atoms with E-state index in [1.54, 1.807) is 18.2 Å². The van der Waals surface area contributed by atoms with Crippen LogP contribution >= 0.6 is 23.2 Å². The van der Waals surface area contributed by atoms with Gasteiger partial charge >= 0.3 is 0 Å². The van der Waals surface area contributed by atoms with E-state index in [9.17, 15) is 4.79 Å². The van der Waals surface area contributed by atoms with Crippen LogP contribution in [0.4, 0.5) is 0 Å². The van der Waals surface area contributed by atoms with Gasteiger partial charge in [-0.15, -0.1) is 0 Å². The second kappa shape index (κ2) is 5.75. The molecule has 3 nitrogen and oxygen atoms in total. The van der Waals surface area contributed by atoms with Crippen molar-refractivity contribution in [2.45, 2.75) is 19.8 Å². The van der Waals surface area contributed by atoms with E-state index < -0.39 is 0 Å². The Morgan fingerprint density at radius 1 is 1.05 bits per heavy atom. The van der Waals surface area contributed by atoms with Gasteiger partial charge < -0.3 is 4.98 Å². The van der Waals surface area contributed by atoms with Crippen molar-refractivity contribution >= 4 is 34.1 Å². The van der Waals surface area contributed by atoms with Crippen molar-refractivity contribution in [3.63, 3.8) is 0 Å². The molecule has 22 heavy (non-hydrogen) atoms. The maximum Gasteiger partial charge on any atom is 0.259 e. The summed E-state index contributed by atoms with van der Waals surface area (Å²) in [6.45, 7) is 4.18. The largest absolute Gasteiger partial charge is 0.306 e. The number of hydrogen-bond donors (Lipinski definition) is 1. The minimum absolute atomic E-state index is 0.211. The molecule has 3 rings (SSSR count). The highest BCUT2D eigenvalue weighted by Gasteiger charge is 2.13. The van der Waals surface area contributed by atoms with E-state index in [0.717, 1.165) is 11.1 Å². The lowest BCUT2D eigenvalue weighted by Gasteiger charge is -2.13. The highest BCUT2D eigenvalue weighted by atomic mass is 35.5. The molecule has 0 fully saturated rings. The van der Waals surface area contributed by atoms with Crippen molar-refractivity contribution in [1.82, 2.24) is 9.97 Å². The summed E-state index contributed by atoms with van der Waals surface area (Å²) in [5.74, 6) is 0.810. The van der Waals surface area contributed by atoms with Gasteiger partial charge in [0.1, 0.15) is 5.82 Å². The van der Waals surface area contributed by atoms with Gasteiger partial charge in [0.25, 0.3) is 5.56 Å². The summed E-state index contributed by atoms with van der Waals surface area (Å²) < 4.78 is 0. The van der Waals surface area contributed by atoms with Gasteiger partial charge in [-0.2, -0.15) is 0 Å². The monoisotopic (exact) mass is 332 g/mol. The van der Waals surface area contributed by atoms with E-state index >= 15 is 0 Å². The number of fused-ring (bicyclic) bond motifs is 1. The van der Waals surface area contributed by atoms with E-state index in [1.807, 2.05) is 18.2 Å². The normalized spacial score (nSPS) is 11.3. The summed E-state index contributed by atoms with van der Waals surface area (Å²) in [4.78, 5) is 19.7. The average Bonchev–Trinajstić information content (AvgIpc) is 2.47. The zero-order chi connectivity index (χ0) is 15.9. The van der Waals surface area contributed by atoms with Crippen molar-refractivity contribution in [3.05, 3.63) is 62.4 Å². The number of hydrogen-bond acceptors (Lipinski definition) is 2. The molecule has 0 saturated carbocycles. The Hall–Kier alpha value is -1.84. The minimum Gasteiger partial charge on any atom is -0.306 e. The average molecular weight is 333 g/mol. The Morgan fingerprint density at radius 2 is 1.73 bits per heavy atom. The van der Waals surface area contributed by atoms with E-state index in [4.69, 9.17) is 23.2 Å². The number of H-pyrrole nitrogens is 1. The third-order valence-electron chi connectivity index (χ3n) is 3.56.